The van der Waals surface area contributed by atoms with Crippen molar-refractivity contribution in [3.63, 3.8) is 0 Å². The highest BCUT2D eigenvalue weighted by Crippen LogP contribution is 2.28. The fourth-order valence-electron chi connectivity index (χ4n) is 3.00. The van der Waals surface area contributed by atoms with Crippen LogP contribution in [-0.2, 0) is 6.54 Å². The van der Waals surface area contributed by atoms with E-state index in [2.05, 4.69) is 33.0 Å². The van der Waals surface area contributed by atoms with Gasteiger partial charge in [-0.15, -0.1) is 0 Å². The molecule has 4 heteroatoms. The second kappa shape index (κ2) is 6.26. The Labute approximate surface area is 132 Å². The minimum Gasteiger partial charge on any atom is -0.326 e. The zero-order valence-corrected chi connectivity index (χ0v) is 13.3. The summed E-state index contributed by atoms with van der Waals surface area (Å²) in [5.41, 5.74) is 8.55. The first-order chi connectivity index (χ1) is 10.1. The maximum absolute atomic E-state index is 13.4. The molecule has 110 valence electrons. The first-order valence-electron chi connectivity index (χ1n) is 7.10. The predicted octanol–water partition coefficient (Wildman–Crippen LogP) is 3.51. The van der Waals surface area contributed by atoms with Gasteiger partial charge in [-0.25, -0.2) is 4.39 Å². The first-order valence-corrected chi connectivity index (χ1v) is 7.89. The van der Waals surface area contributed by atoms with E-state index in [1.54, 1.807) is 12.1 Å². The highest BCUT2D eigenvalue weighted by molar-refractivity contribution is 9.10. The highest BCUT2D eigenvalue weighted by atomic mass is 79.9. The molecule has 0 radical (unpaired) electrons. The van der Waals surface area contributed by atoms with E-state index in [0.29, 0.717) is 5.92 Å². The molecular formula is C17H18BrFN2. The van der Waals surface area contributed by atoms with E-state index in [9.17, 15) is 4.39 Å². The molecule has 2 N–H and O–H groups in total. The van der Waals surface area contributed by atoms with Crippen molar-refractivity contribution in [2.45, 2.75) is 18.5 Å². The van der Waals surface area contributed by atoms with E-state index >= 15 is 0 Å². The van der Waals surface area contributed by atoms with Crippen LogP contribution >= 0.6 is 15.9 Å². The summed E-state index contributed by atoms with van der Waals surface area (Å²) in [7, 11) is 0. The minimum absolute atomic E-state index is 0.125. The van der Waals surface area contributed by atoms with Gasteiger partial charge in [-0.2, -0.15) is 0 Å². The molecule has 3 rings (SSSR count). The van der Waals surface area contributed by atoms with Gasteiger partial charge in [0, 0.05) is 36.1 Å². The van der Waals surface area contributed by atoms with Gasteiger partial charge in [0.05, 0.1) is 0 Å². The Bertz CT molecular complexity index is 617. The molecular weight excluding hydrogens is 331 g/mol. The summed E-state index contributed by atoms with van der Waals surface area (Å²) in [5.74, 6) is 0.148. The van der Waals surface area contributed by atoms with E-state index in [1.165, 1.54) is 11.6 Å². The van der Waals surface area contributed by atoms with Crippen LogP contribution in [-0.4, -0.2) is 24.0 Å². The highest BCUT2D eigenvalue weighted by Gasteiger charge is 2.31. The van der Waals surface area contributed by atoms with E-state index in [1.807, 2.05) is 18.2 Å². The lowest BCUT2D eigenvalue weighted by atomic mass is 9.95. The van der Waals surface area contributed by atoms with Gasteiger partial charge in [-0.3, -0.25) is 4.90 Å². The molecule has 0 aromatic heterocycles. The summed E-state index contributed by atoms with van der Waals surface area (Å²) in [6.45, 7) is 2.46. The molecule has 2 nitrogen and oxygen atoms in total. The molecule has 0 saturated carbocycles. The number of rotatable bonds is 3. The number of halogens is 2. The summed E-state index contributed by atoms with van der Waals surface area (Å²) >= 11 is 3.49. The normalized spacial score (nSPS) is 22.6. The standard InChI is InChI=1S/C17H18BrFN2/c18-16-7-6-14(19)8-13(16)9-21-10-15(17(20)11-21)12-4-2-1-3-5-12/h1-8,15,17H,9-11,20H2/t15-,17+/m0/s1. The van der Waals surface area contributed by atoms with Crippen molar-refractivity contribution in [3.8, 4) is 0 Å². The minimum atomic E-state index is -0.198. The van der Waals surface area contributed by atoms with Crippen molar-refractivity contribution in [2.24, 2.45) is 5.73 Å². The van der Waals surface area contributed by atoms with Gasteiger partial charge in [0.15, 0.2) is 0 Å². The fraction of sp³-hybridized carbons (Fsp3) is 0.294. The molecule has 0 amide bonds. The number of hydrogen-bond acceptors (Lipinski definition) is 2. The SMILES string of the molecule is N[C@@H]1CN(Cc2cc(F)ccc2Br)C[C@H]1c1ccccc1. The smallest absolute Gasteiger partial charge is 0.123 e. The summed E-state index contributed by atoms with van der Waals surface area (Å²) in [5, 5.41) is 0. The second-order valence-corrected chi connectivity index (χ2v) is 6.47. The van der Waals surface area contributed by atoms with Crippen molar-refractivity contribution < 1.29 is 4.39 Å². The van der Waals surface area contributed by atoms with E-state index in [-0.39, 0.29) is 11.9 Å². The molecule has 1 heterocycles. The summed E-state index contributed by atoms with van der Waals surface area (Å²) < 4.78 is 14.3. The Morgan fingerprint density at radius 2 is 1.90 bits per heavy atom. The van der Waals surface area contributed by atoms with Gasteiger partial charge in [0.25, 0.3) is 0 Å². The predicted molar refractivity (Wildman–Crippen MR) is 86.5 cm³/mol. The molecule has 0 spiro atoms. The summed E-state index contributed by atoms with van der Waals surface area (Å²) in [6, 6.07) is 15.3. The lowest BCUT2D eigenvalue weighted by molar-refractivity contribution is 0.322. The molecule has 1 fully saturated rings. The van der Waals surface area contributed by atoms with Gasteiger partial charge in [-0.05, 0) is 29.3 Å². The Balaban J connectivity index is 1.73. The largest absolute Gasteiger partial charge is 0.326 e. The summed E-state index contributed by atoms with van der Waals surface area (Å²) in [6.07, 6.45) is 0. The Morgan fingerprint density at radius 3 is 2.67 bits per heavy atom. The Kier molecular flexibility index (Phi) is 4.38. The number of likely N-dealkylation sites (tertiary alicyclic amines) is 1. The van der Waals surface area contributed by atoms with Crippen molar-refractivity contribution in [1.82, 2.24) is 4.90 Å². The lowest BCUT2D eigenvalue weighted by Gasteiger charge is -2.17. The van der Waals surface area contributed by atoms with Crippen LogP contribution in [0.5, 0.6) is 0 Å². The molecule has 2 aromatic rings. The third-order valence-electron chi connectivity index (χ3n) is 4.07. The van der Waals surface area contributed by atoms with Crippen LogP contribution in [0.15, 0.2) is 53.0 Å². The molecule has 1 aliphatic rings. The quantitative estimate of drug-likeness (QED) is 0.919. The van der Waals surface area contributed by atoms with Crippen molar-refractivity contribution in [3.05, 3.63) is 69.9 Å². The topological polar surface area (TPSA) is 29.3 Å². The van der Waals surface area contributed by atoms with Gasteiger partial charge in [0.2, 0.25) is 0 Å². The average Bonchev–Trinajstić information content (AvgIpc) is 2.84. The lowest BCUT2D eigenvalue weighted by Crippen LogP contribution is -2.28. The molecule has 2 aromatic carbocycles. The maximum atomic E-state index is 13.4. The first kappa shape index (κ1) is 14.7. The molecule has 2 atom stereocenters. The second-order valence-electron chi connectivity index (χ2n) is 5.61. The monoisotopic (exact) mass is 348 g/mol. The third kappa shape index (κ3) is 3.34. The van der Waals surface area contributed by atoms with Crippen molar-refractivity contribution in [1.29, 1.82) is 0 Å². The van der Waals surface area contributed by atoms with Crippen LogP contribution < -0.4 is 5.73 Å². The third-order valence-corrected chi connectivity index (χ3v) is 4.84. The van der Waals surface area contributed by atoms with E-state index in [0.717, 1.165) is 29.7 Å². The van der Waals surface area contributed by atoms with Crippen LogP contribution in [0.3, 0.4) is 0 Å². The van der Waals surface area contributed by atoms with Gasteiger partial charge in [-0.1, -0.05) is 46.3 Å². The van der Waals surface area contributed by atoms with Gasteiger partial charge in [0.1, 0.15) is 5.82 Å². The van der Waals surface area contributed by atoms with Gasteiger partial charge >= 0.3 is 0 Å². The van der Waals surface area contributed by atoms with E-state index in [4.69, 9.17) is 5.73 Å². The number of benzene rings is 2. The number of hydrogen-bond donors (Lipinski definition) is 1. The fourth-order valence-corrected chi connectivity index (χ4v) is 3.37. The average molecular weight is 349 g/mol. The van der Waals surface area contributed by atoms with Crippen molar-refractivity contribution >= 4 is 15.9 Å². The van der Waals surface area contributed by atoms with Crippen LogP contribution in [0.1, 0.15) is 17.0 Å². The van der Waals surface area contributed by atoms with Crippen molar-refractivity contribution in [2.75, 3.05) is 13.1 Å². The zero-order chi connectivity index (χ0) is 14.8. The maximum Gasteiger partial charge on any atom is 0.123 e. The van der Waals surface area contributed by atoms with Crippen LogP contribution in [0, 0.1) is 5.82 Å². The van der Waals surface area contributed by atoms with Crippen LogP contribution in [0.4, 0.5) is 4.39 Å². The number of nitrogens with two attached hydrogens (primary N) is 1. The molecule has 21 heavy (non-hydrogen) atoms. The molecule has 0 bridgehead atoms. The number of nitrogens with zero attached hydrogens (tertiary/aromatic N) is 1. The van der Waals surface area contributed by atoms with Crippen LogP contribution in [0.2, 0.25) is 0 Å². The van der Waals surface area contributed by atoms with Crippen LogP contribution in [0.25, 0.3) is 0 Å². The zero-order valence-electron chi connectivity index (χ0n) is 11.7. The molecule has 1 saturated heterocycles. The molecule has 1 aliphatic heterocycles. The summed E-state index contributed by atoms with van der Waals surface area (Å²) in [4.78, 5) is 2.29. The molecule has 0 unspecified atom stereocenters. The van der Waals surface area contributed by atoms with Gasteiger partial charge < -0.3 is 5.73 Å². The molecule has 0 aliphatic carbocycles. The Morgan fingerprint density at radius 1 is 1.14 bits per heavy atom. The van der Waals surface area contributed by atoms with E-state index < -0.39 is 0 Å². The Hall–Kier alpha value is -1.23.